The molecule has 21 heavy (non-hydrogen) atoms. The van der Waals surface area contributed by atoms with Crippen LogP contribution in [-0.4, -0.2) is 30.1 Å². The van der Waals surface area contributed by atoms with Crippen LogP contribution < -0.4 is 4.74 Å². The molecule has 1 heterocycles. The van der Waals surface area contributed by atoms with Gasteiger partial charge in [-0.15, -0.1) is 0 Å². The standard InChI is InChI=1S/C19H27NO/c1-15-8-9-16(2)19(14-15)21-18-10-12-20(13-11-18)17-6-4-3-5-7-17/h4,6,8-9,14,17-18H,3,5,7,10-13H2,1-2H3. The zero-order valence-electron chi connectivity index (χ0n) is 13.3. The highest BCUT2D eigenvalue weighted by Crippen LogP contribution is 2.26. The summed E-state index contributed by atoms with van der Waals surface area (Å²) < 4.78 is 6.26. The molecule has 2 nitrogen and oxygen atoms in total. The average molecular weight is 285 g/mol. The van der Waals surface area contributed by atoms with Crippen molar-refractivity contribution in [1.29, 1.82) is 0 Å². The first-order valence-electron chi connectivity index (χ1n) is 8.37. The van der Waals surface area contributed by atoms with E-state index in [2.05, 4.69) is 49.1 Å². The number of nitrogens with zero attached hydrogens (tertiary/aromatic N) is 1. The molecular weight excluding hydrogens is 258 g/mol. The van der Waals surface area contributed by atoms with E-state index >= 15 is 0 Å². The van der Waals surface area contributed by atoms with E-state index in [1.165, 1.54) is 43.5 Å². The van der Waals surface area contributed by atoms with Crippen LogP contribution in [0.3, 0.4) is 0 Å². The van der Waals surface area contributed by atoms with Crippen molar-refractivity contribution < 1.29 is 4.74 Å². The molecule has 1 saturated heterocycles. The highest BCUT2D eigenvalue weighted by molar-refractivity contribution is 5.36. The largest absolute Gasteiger partial charge is 0.490 e. The Morgan fingerprint density at radius 3 is 2.62 bits per heavy atom. The number of allylic oxidation sites excluding steroid dienone is 1. The van der Waals surface area contributed by atoms with Gasteiger partial charge in [0.1, 0.15) is 11.9 Å². The van der Waals surface area contributed by atoms with Gasteiger partial charge >= 0.3 is 0 Å². The topological polar surface area (TPSA) is 12.5 Å². The quantitative estimate of drug-likeness (QED) is 0.770. The van der Waals surface area contributed by atoms with Crippen molar-refractivity contribution in [2.45, 2.75) is 58.1 Å². The number of rotatable bonds is 3. The van der Waals surface area contributed by atoms with E-state index in [9.17, 15) is 0 Å². The van der Waals surface area contributed by atoms with Gasteiger partial charge in [0.25, 0.3) is 0 Å². The molecule has 2 aliphatic rings. The first-order valence-corrected chi connectivity index (χ1v) is 8.37. The maximum atomic E-state index is 6.26. The van der Waals surface area contributed by atoms with Crippen molar-refractivity contribution in [3.63, 3.8) is 0 Å². The first kappa shape index (κ1) is 14.6. The minimum atomic E-state index is 0.384. The molecule has 1 fully saturated rings. The van der Waals surface area contributed by atoms with Gasteiger partial charge in [0.15, 0.2) is 0 Å². The highest BCUT2D eigenvalue weighted by Gasteiger charge is 2.25. The maximum absolute atomic E-state index is 6.26. The molecule has 1 atom stereocenters. The molecule has 1 aliphatic carbocycles. The second-order valence-corrected chi connectivity index (χ2v) is 6.55. The van der Waals surface area contributed by atoms with E-state index in [-0.39, 0.29) is 0 Å². The molecule has 114 valence electrons. The third kappa shape index (κ3) is 3.68. The summed E-state index contributed by atoms with van der Waals surface area (Å²) in [6, 6.07) is 7.17. The molecule has 0 radical (unpaired) electrons. The Morgan fingerprint density at radius 1 is 1.10 bits per heavy atom. The fourth-order valence-electron chi connectivity index (χ4n) is 3.44. The van der Waals surface area contributed by atoms with E-state index in [1.807, 2.05) is 0 Å². The second kappa shape index (κ2) is 6.65. The van der Waals surface area contributed by atoms with Gasteiger partial charge in [0.2, 0.25) is 0 Å². The number of ether oxygens (including phenoxy) is 1. The van der Waals surface area contributed by atoms with Crippen LogP contribution >= 0.6 is 0 Å². The number of hydrogen-bond donors (Lipinski definition) is 0. The maximum Gasteiger partial charge on any atom is 0.122 e. The Balaban J connectivity index is 1.55. The van der Waals surface area contributed by atoms with E-state index in [0.29, 0.717) is 12.1 Å². The van der Waals surface area contributed by atoms with Crippen molar-refractivity contribution in [3.8, 4) is 5.75 Å². The molecule has 1 aliphatic heterocycles. The lowest BCUT2D eigenvalue weighted by molar-refractivity contribution is 0.0825. The van der Waals surface area contributed by atoms with Gasteiger partial charge in [-0.2, -0.15) is 0 Å². The Hall–Kier alpha value is -1.28. The van der Waals surface area contributed by atoms with Crippen molar-refractivity contribution in [2.75, 3.05) is 13.1 Å². The fourth-order valence-corrected chi connectivity index (χ4v) is 3.44. The Bertz CT molecular complexity index is 500. The van der Waals surface area contributed by atoms with Gasteiger partial charge in [-0.3, -0.25) is 4.90 Å². The van der Waals surface area contributed by atoms with Crippen molar-refractivity contribution in [2.24, 2.45) is 0 Å². The predicted octanol–water partition coefficient (Wildman–Crippen LogP) is 4.26. The number of aryl methyl sites for hydroxylation is 2. The molecule has 1 aromatic carbocycles. The number of hydrogen-bond acceptors (Lipinski definition) is 2. The molecule has 0 N–H and O–H groups in total. The van der Waals surface area contributed by atoms with Crippen LogP contribution in [0.25, 0.3) is 0 Å². The Kier molecular flexibility index (Phi) is 4.64. The van der Waals surface area contributed by atoms with Crippen molar-refractivity contribution in [1.82, 2.24) is 4.90 Å². The molecule has 1 aromatic rings. The summed E-state index contributed by atoms with van der Waals surface area (Å²) in [4.78, 5) is 2.64. The van der Waals surface area contributed by atoms with E-state index in [0.717, 1.165) is 18.6 Å². The molecule has 1 unspecified atom stereocenters. The lowest BCUT2D eigenvalue weighted by Gasteiger charge is -2.37. The summed E-state index contributed by atoms with van der Waals surface area (Å²) in [5.74, 6) is 1.08. The molecule has 0 aromatic heterocycles. The van der Waals surface area contributed by atoms with E-state index in [1.54, 1.807) is 0 Å². The minimum Gasteiger partial charge on any atom is -0.490 e. The minimum absolute atomic E-state index is 0.384. The third-order valence-electron chi connectivity index (χ3n) is 4.81. The van der Waals surface area contributed by atoms with Crippen LogP contribution in [0.1, 0.15) is 43.2 Å². The second-order valence-electron chi connectivity index (χ2n) is 6.55. The van der Waals surface area contributed by atoms with Gasteiger partial charge in [-0.1, -0.05) is 24.3 Å². The SMILES string of the molecule is Cc1ccc(C)c(OC2CCN(C3C=CCCC3)CC2)c1. The normalized spacial score (nSPS) is 24.2. The van der Waals surface area contributed by atoms with E-state index < -0.39 is 0 Å². The monoisotopic (exact) mass is 285 g/mol. The van der Waals surface area contributed by atoms with Gasteiger partial charge < -0.3 is 4.74 Å². The van der Waals surface area contributed by atoms with Gasteiger partial charge in [-0.05, 0) is 63.1 Å². The molecule has 0 amide bonds. The smallest absolute Gasteiger partial charge is 0.122 e. The van der Waals surface area contributed by atoms with Crippen LogP contribution in [-0.2, 0) is 0 Å². The van der Waals surface area contributed by atoms with Crippen molar-refractivity contribution in [3.05, 3.63) is 41.5 Å². The number of likely N-dealkylation sites (tertiary alicyclic amines) is 1. The summed E-state index contributed by atoms with van der Waals surface area (Å²) >= 11 is 0. The number of piperidine rings is 1. The van der Waals surface area contributed by atoms with Crippen LogP contribution in [0.5, 0.6) is 5.75 Å². The zero-order chi connectivity index (χ0) is 14.7. The van der Waals surface area contributed by atoms with Crippen LogP contribution in [0, 0.1) is 13.8 Å². The zero-order valence-corrected chi connectivity index (χ0v) is 13.3. The summed E-state index contributed by atoms with van der Waals surface area (Å²) in [6.07, 6.45) is 11.4. The summed E-state index contributed by atoms with van der Waals surface area (Å²) in [7, 11) is 0. The lowest BCUT2D eigenvalue weighted by atomic mass is 9.98. The van der Waals surface area contributed by atoms with Gasteiger partial charge in [0.05, 0.1) is 0 Å². The fraction of sp³-hybridized carbons (Fsp3) is 0.579. The molecule has 0 saturated carbocycles. The van der Waals surface area contributed by atoms with Crippen LogP contribution in [0.2, 0.25) is 0 Å². The third-order valence-corrected chi connectivity index (χ3v) is 4.81. The Morgan fingerprint density at radius 2 is 1.90 bits per heavy atom. The van der Waals surface area contributed by atoms with Gasteiger partial charge in [0, 0.05) is 19.1 Å². The van der Waals surface area contributed by atoms with Gasteiger partial charge in [-0.25, -0.2) is 0 Å². The highest BCUT2D eigenvalue weighted by atomic mass is 16.5. The van der Waals surface area contributed by atoms with Crippen molar-refractivity contribution >= 4 is 0 Å². The molecule has 0 bridgehead atoms. The molecular formula is C19H27NO. The average Bonchev–Trinajstić information content (AvgIpc) is 2.53. The molecule has 3 rings (SSSR count). The summed E-state index contributed by atoms with van der Waals surface area (Å²) in [5, 5.41) is 0. The lowest BCUT2D eigenvalue weighted by Crippen LogP contribution is -2.43. The first-order chi connectivity index (χ1) is 10.2. The summed E-state index contributed by atoms with van der Waals surface area (Å²) in [5.41, 5.74) is 2.53. The van der Waals surface area contributed by atoms with Crippen LogP contribution in [0.15, 0.2) is 30.4 Å². The van der Waals surface area contributed by atoms with E-state index in [4.69, 9.17) is 4.74 Å². The predicted molar refractivity (Wildman–Crippen MR) is 87.9 cm³/mol. The van der Waals surface area contributed by atoms with Crippen LogP contribution in [0.4, 0.5) is 0 Å². The molecule has 2 heteroatoms. The molecule has 0 spiro atoms. The summed E-state index contributed by atoms with van der Waals surface area (Å²) in [6.45, 7) is 6.61. The Labute approximate surface area is 128 Å². The number of benzene rings is 1.